The summed E-state index contributed by atoms with van der Waals surface area (Å²) in [5.74, 6) is 0. The van der Waals surface area contributed by atoms with Crippen molar-refractivity contribution in [1.29, 1.82) is 0 Å². The van der Waals surface area contributed by atoms with Crippen molar-refractivity contribution >= 4 is 10.1 Å². The Bertz CT molecular complexity index is 792. The van der Waals surface area contributed by atoms with Crippen LogP contribution in [-0.4, -0.2) is 26.7 Å². The fourth-order valence-corrected chi connectivity index (χ4v) is 4.21. The van der Waals surface area contributed by atoms with Crippen molar-refractivity contribution in [3.8, 4) is 0 Å². The van der Waals surface area contributed by atoms with Gasteiger partial charge in [0.25, 0.3) is 10.1 Å². The molecule has 0 saturated heterocycles. The maximum Gasteiger partial charge on any atom is 0.416 e. The number of halogens is 6. The zero-order valence-electron chi connectivity index (χ0n) is 16.6. The average Bonchev–Trinajstić information content (AvgIpc) is 2.60. The van der Waals surface area contributed by atoms with Crippen molar-refractivity contribution in [2.24, 2.45) is 0 Å². The summed E-state index contributed by atoms with van der Waals surface area (Å²) in [7, 11) is -4.84. The molecule has 0 bridgehead atoms. The van der Waals surface area contributed by atoms with Crippen molar-refractivity contribution in [2.75, 3.05) is 6.61 Å². The highest BCUT2D eigenvalue weighted by molar-refractivity contribution is 7.86. The number of rotatable bonds is 7. The molecule has 4 nitrogen and oxygen atoms in total. The Kier molecular flexibility index (Phi) is 7.51. The molecular weight excluding hydrogens is 438 g/mol. The van der Waals surface area contributed by atoms with Crippen molar-refractivity contribution < 1.29 is 43.7 Å². The lowest BCUT2D eigenvalue weighted by Crippen LogP contribution is -2.33. The molecule has 0 radical (unpaired) electrons. The first-order valence-electron chi connectivity index (χ1n) is 9.47. The second-order valence-electron chi connectivity index (χ2n) is 7.91. The smallest absolute Gasteiger partial charge is 0.372 e. The Balaban J connectivity index is 2.12. The molecule has 2 rings (SSSR count). The van der Waals surface area contributed by atoms with E-state index in [1.807, 2.05) is 0 Å². The quantitative estimate of drug-likeness (QED) is 0.371. The summed E-state index contributed by atoms with van der Waals surface area (Å²) in [6.07, 6.45) is -5.23. The Morgan fingerprint density at radius 2 is 1.40 bits per heavy atom. The number of hydrogen-bond acceptors (Lipinski definition) is 4. The largest absolute Gasteiger partial charge is 0.416 e. The molecule has 1 fully saturated rings. The number of benzene rings is 1. The van der Waals surface area contributed by atoms with Crippen LogP contribution < -0.4 is 0 Å². The second kappa shape index (κ2) is 9.04. The fraction of sp³-hybridized carbons (Fsp3) is 0.684. The minimum Gasteiger partial charge on any atom is -0.372 e. The molecule has 0 heterocycles. The summed E-state index contributed by atoms with van der Waals surface area (Å²) in [4.78, 5) is -1.20. The van der Waals surface area contributed by atoms with Crippen molar-refractivity contribution in [3.05, 3.63) is 29.3 Å². The first-order valence-corrected chi connectivity index (χ1v) is 10.9. The molecule has 1 saturated carbocycles. The third-order valence-electron chi connectivity index (χ3n) is 4.83. The lowest BCUT2D eigenvalue weighted by Gasteiger charge is -2.32. The van der Waals surface area contributed by atoms with Crippen LogP contribution in [0.25, 0.3) is 0 Å². The van der Waals surface area contributed by atoms with E-state index in [1.54, 1.807) is 13.8 Å². The zero-order chi connectivity index (χ0) is 22.8. The van der Waals surface area contributed by atoms with Crippen molar-refractivity contribution in [3.63, 3.8) is 0 Å². The SMILES string of the molecule is CC(C)(CCOS(=O)(=O)c1cc(C(F)(F)F)cc(C(F)(F)F)c1)OC1CCCCC1. The fourth-order valence-electron chi connectivity index (χ4n) is 3.23. The summed E-state index contributed by atoms with van der Waals surface area (Å²) in [5, 5.41) is 0. The molecule has 0 amide bonds. The topological polar surface area (TPSA) is 52.6 Å². The standard InChI is InChI=1S/C19H24F6O4S/c1-17(2,29-15-6-4-3-5-7-15)8-9-28-30(26,27)16-11-13(18(20,21)22)10-14(12-16)19(23,24)25/h10-12,15H,3-9H2,1-2H3. The van der Waals surface area contributed by atoms with Crippen LogP contribution in [0.15, 0.2) is 23.1 Å². The molecule has 0 N–H and O–H groups in total. The second-order valence-corrected chi connectivity index (χ2v) is 9.52. The third kappa shape index (κ3) is 7.12. The minimum absolute atomic E-state index is 0.0307. The summed E-state index contributed by atoms with van der Waals surface area (Å²) in [5.41, 5.74) is -4.21. The van der Waals surface area contributed by atoms with Crippen LogP contribution in [0.5, 0.6) is 0 Å². The summed E-state index contributed by atoms with van der Waals surface area (Å²) < 4.78 is 113. The highest BCUT2D eigenvalue weighted by Crippen LogP contribution is 2.37. The molecule has 1 aliphatic rings. The van der Waals surface area contributed by atoms with Gasteiger partial charge >= 0.3 is 12.4 Å². The van der Waals surface area contributed by atoms with Crippen LogP contribution >= 0.6 is 0 Å². The van der Waals surface area contributed by atoms with Gasteiger partial charge in [-0.3, -0.25) is 4.18 Å². The predicted octanol–water partition coefficient (Wildman–Crippen LogP) is 5.95. The van der Waals surface area contributed by atoms with Crippen LogP contribution in [0.4, 0.5) is 26.3 Å². The molecule has 30 heavy (non-hydrogen) atoms. The zero-order valence-corrected chi connectivity index (χ0v) is 17.4. The Morgan fingerprint density at radius 3 is 1.87 bits per heavy atom. The summed E-state index contributed by atoms with van der Waals surface area (Å²) >= 11 is 0. The summed E-state index contributed by atoms with van der Waals surface area (Å²) in [6, 6.07) is 0.128. The van der Waals surface area contributed by atoms with Gasteiger partial charge in [-0.2, -0.15) is 34.8 Å². The van der Waals surface area contributed by atoms with E-state index in [0.717, 1.165) is 32.1 Å². The third-order valence-corrected chi connectivity index (χ3v) is 6.12. The maximum absolute atomic E-state index is 12.9. The minimum atomic E-state index is -5.15. The first-order chi connectivity index (χ1) is 13.6. The monoisotopic (exact) mass is 462 g/mol. The van der Waals surface area contributed by atoms with Gasteiger partial charge in [0.15, 0.2) is 0 Å². The van der Waals surface area contributed by atoms with Gasteiger partial charge in [-0.25, -0.2) is 0 Å². The molecule has 1 aliphatic carbocycles. The van der Waals surface area contributed by atoms with Crippen molar-refractivity contribution in [2.45, 2.75) is 81.3 Å². The van der Waals surface area contributed by atoms with E-state index in [9.17, 15) is 34.8 Å². The van der Waals surface area contributed by atoms with Gasteiger partial charge in [0, 0.05) is 6.42 Å². The van der Waals surface area contributed by atoms with E-state index >= 15 is 0 Å². The number of hydrogen-bond donors (Lipinski definition) is 0. The highest BCUT2D eigenvalue weighted by Gasteiger charge is 2.38. The first kappa shape index (κ1) is 24.9. The lowest BCUT2D eigenvalue weighted by atomic mass is 9.96. The van der Waals surface area contributed by atoms with Crippen LogP contribution in [-0.2, 0) is 31.4 Å². The van der Waals surface area contributed by atoms with Gasteiger partial charge in [-0.15, -0.1) is 0 Å². The van der Waals surface area contributed by atoms with Gasteiger partial charge in [-0.1, -0.05) is 19.3 Å². The molecule has 0 unspecified atom stereocenters. The van der Waals surface area contributed by atoms with Gasteiger partial charge in [-0.05, 0) is 44.9 Å². The summed E-state index contributed by atoms with van der Waals surface area (Å²) in [6.45, 7) is 3.01. The van der Waals surface area contributed by atoms with Crippen LogP contribution in [0, 0.1) is 0 Å². The molecule has 11 heteroatoms. The maximum atomic E-state index is 12.9. The van der Waals surface area contributed by atoms with E-state index in [2.05, 4.69) is 0 Å². The highest BCUT2D eigenvalue weighted by atomic mass is 32.2. The number of ether oxygens (including phenoxy) is 1. The normalized spacial score (nSPS) is 17.3. The Morgan fingerprint density at radius 1 is 0.900 bits per heavy atom. The van der Waals surface area contributed by atoms with Crippen LogP contribution in [0.2, 0.25) is 0 Å². The lowest BCUT2D eigenvalue weighted by molar-refractivity contribution is -0.143. The van der Waals surface area contributed by atoms with Gasteiger partial charge in [0.05, 0.1) is 34.3 Å². The van der Waals surface area contributed by atoms with E-state index in [1.165, 1.54) is 0 Å². The molecule has 172 valence electrons. The van der Waals surface area contributed by atoms with Gasteiger partial charge in [0.1, 0.15) is 0 Å². The van der Waals surface area contributed by atoms with Crippen LogP contribution in [0.1, 0.15) is 63.5 Å². The molecule has 0 aliphatic heterocycles. The molecule has 0 atom stereocenters. The van der Waals surface area contributed by atoms with Gasteiger partial charge in [0.2, 0.25) is 0 Å². The Labute approximate surface area is 171 Å². The average molecular weight is 462 g/mol. The molecule has 1 aromatic carbocycles. The van der Waals surface area contributed by atoms with E-state index in [0.29, 0.717) is 0 Å². The molecule has 0 aromatic heterocycles. The van der Waals surface area contributed by atoms with Gasteiger partial charge < -0.3 is 4.74 Å². The number of alkyl halides is 6. The van der Waals surface area contributed by atoms with E-state index < -0.39 is 50.7 Å². The predicted molar refractivity (Wildman–Crippen MR) is 96.2 cm³/mol. The molecule has 0 spiro atoms. The van der Waals surface area contributed by atoms with Crippen LogP contribution in [0.3, 0.4) is 0 Å². The van der Waals surface area contributed by atoms with Crippen molar-refractivity contribution in [1.82, 2.24) is 0 Å². The Hall–Kier alpha value is -1.33. The van der Waals surface area contributed by atoms with E-state index in [-0.39, 0.29) is 30.7 Å². The molecule has 1 aromatic rings. The molecular formula is C19H24F6O4S. The van der Waals surface area contributed by atoms with E-state index in [4.69, 9.17) is 8.92 Å².